The number of halogens is 1. The highest BCUT2D eigenvalue weighted by atomic mass is 79.9. The zero-order valence-electron chi connectivity index (χ0n) is 15.1. The molecule has 0 saturated heterocycles. The van der Waals surface area contributed by atoms with Crippen LogP contribution in [0, 0.1) is 10.1 Å². The van der Waals surface area contributed by atoms with Crippen molar-refractivity contribution in [3.8, 4) is 11.4 Å². The maximum atomic E-state index is 12.0. The smallest absolute Gasteiger partial charge is 0.269 e. The molecule has 2 amide bonds. The largest absolute Gasteiger partial charge is 0.335 e. The van der Waals surface area contributed by atoms with Crippen LogP contribution >= 0.6 is 27.7 Å². The number of nitrogens with zero attached hydrogens (tertiary/aromatic N) is 4. The summed E-state index contributed by atoms with van der Waals surface area (Å²) < 4.78 is 2.07. The van der Waals surface area contributed by atoms with Gasteiger partial charge in [0.25, 0.3) is 11.6 Å². The number of carbonyl (C=O) groups is 2. The number of benzene rings is 2. The lowest BCUT2D eigenvalue weighted by Gasteiger charge is -2.07. The first kappa shape index (κ1) is 21.3. The average molecular weight is 492 g/mol. The lowest BCUT2D eigenvalue weighted by Crippen LogP contribution is -2.42. The van der Waals surface area contributed by atoms with E-state index in [2.05, 4.69) is 37.0 Å². The van der Waals surface area contributed by atoms with Crippen LogP contribution in [0.2, 0.25) is 0 Å². The molecule has 3 aromatic rings. The molecule has 0 bridgehead atoms. The van der Waals surface area contributed by atoms with Crippen molar-refractivity contribution in [3.63, 3.8) is 0 Å². The van der Waals surface area contributed by atoms with E-state index in [0.29, 0.717) is 11.0 Å². The molecule has 0 radical (unpaired) electrons. The summed E-state index contributed by atoms with van der Waals surface area (Å²) in [5.41, 5.74) is 5.26. The van der Waals surface area contributed by atoms with Crippen LogP contribution in [0.25, 0.3) is 11.4 Å². The number of nitro groups is 1. The van der Waals surface area contributed by atoms with Gasteiger partial charge in [-0.05, 0) is 24.3 Å². The second-order valence-corrected chi connectivity index (χ2v) is 7.55. The quantitative estimate of drug-likeness (QED) is 0.204. The molecular formula is C17H14BrN7O4S. The number of hydrazine groups is 1. The molecule has 13 heteroatoms. The molecule has 11 nitrogen and oxygen atoms in total. The number of nitrogens with two attached hydrogens (primary N) is 1. The Balaban J connectivity index is 1.53. The number of thioether (sulfide) groups is 1. The molecule has 4 N–H and O–H groups in total. The Morgan fingerprint density at radius 2 is 1.83 bits per heavy atom. The second-order valence-electron chi connectivity index (χ2n) is 5.75. The summed E-state index contributed by atoms with van der Waals surface area (Å²) in [4.78, 5) is 34.1. The van der Waals surface area contributed by atoms with Gasteiger partial charge in [-0.3, -0.25) is 30.6 Å². The van der Waals surface area contributed by atoms with Crippen LogP contribution in [0.5, 0.6) is 0 Å². The molecule has 1 heterocycles. The van der Waals surface area contributed by atoms with Crippen molar-refractivity contribution < 1.29 is 14.5 Å². The van der Waals surface area contributed by atoms with E-state index >= 15 is 0 Å². The molecular weight excluding hydrogens is 478 g/mol. The number of aromatic nitrogens is 3. The number of nitro benzene ring substituents is 1. The Bertz CT molecular complexity index is 1100. The van der Waals surface area contributed by atoms with Crippen molar-refractivity contribution in [1.82, 2.24) is 25.7 Å². The summed E-state index contributed by atoms with van der Waals surface area (Å²) in [6, 6.07) is 12.3. The maximum Gasteiger partial charge on any atom is 0.269 e. The van der Waals surface area contributed by atoms with Gasteiger partial charge in [-0.2, -0.15) is 0 Å². The zero-order valence-corrected chi connectivity index (χ0v) is 17.5. The molecule has 0 saturated carbocycles. The van der Waals surface area contributed by atoms with E-state index < -0.39 is 16.7 Å². The standard InChI is InChI=1S/C17H14BrN7O4S/c18-13-4-2-1-3-12(13)15-21-23-17(24(15)19)30-9-14(26)20-22-16(27)10-5-7-11(8-6-10)25(28)29/h1-8H,9,19H2,(H,20,26)(H,22,27). The van der Waals surface area contributed by atoms with Crippen LogP contribution in [0.4, 0.5) is 5.69 Å². The van der Waals surface area contributed by atoms with Gasteiger partial charge in [0, 0.05) is 27.7 Å². The Morgan fingerprint density at radius 3 is 2.50 bits per heavy atom. The first-order valence-corrected chi connectivity index (χ1v) is 10.1. The number of nitrogens with one attached hydrogen (secondary N) is 2. The number of carbonyl (C=O) groups excluding carboxylic acids is 2. The van der Waals surface area contributed by atoms with E-state index in [0.717, 1.165) is 21.8 Å². The van der Waals surface area contributed by atoms with Crippen LogP contribution in [-0.4, -0.2) is 37.4 Å². The second kappa shape index (κ2) is 9.37. The van der Waals surface area contributed by atoms with E-state index in [-0.39, 0.29) is 17.0 Å². The summed E-state index contributed by atoms with van der Waals surface area (Å²) in [5, 5.41) is 19.0. The fraction of sp³-hybridized carbons (Fsp3) is 0.0588. The normalized spacial score (nSPS) is 10.4. The van der Waals surface area contributed by atoms with E-state index in [4.69, 9.17) is 5.84 Å². The van der Waals surface area contributed by atoms with Gasteiger partial charge in [-0.1, -0.05) is 39.8 Å². The summed E-state index contributed by atoms with van der Waals surface area (Å²) >= 11 is 4.46. The molecule has 1 aromatic heterocycles. The predicted molar refractivity (Wildman–Crippen MR) is 113 cm³/mol. The zero-order chi connectivity index (χ0) is 21.7. The molecule has 154 valence electrons. The van der Waals surface area contributed by atoms with Crippen molar-refractivity contribution in [2.45, 2.75) is 5.16 Å². The monoisotopic (exact) mass is 491 g/mol. The molecule has 3 rings (SSSR count). The highest BCUT2D eigenvalue weighted by Gasteiger charge is 2.16. The van der Waals surface area contributed by atoms with Crippen LogP contribution in [0.15, 0.2) is 58.2 Å². The van der Waals surface area contributed by atoms with Gasteiger partial charge in [0.05, 0.1) is 10.7 Å². The highest BCUT2D eigenvalue weighted by Crippen LogP contribution is 2.27. The molecule has 0 fully saturated rings. The van der Waals surface area contributed by atoms with Gasteiger partial charge in [0.2, 0.25) is 11.1 Å². The Kier molecular flexibility index (Phi) is 6.64. The number of nitrogen functional groups attached to an aromatic ring is 1. The topological polar surface area (TPSA) is 158 Å². The minimum absolute atomic E-state index is 0.0775. The third-order valence-electron chi connectivity index (χ3n) is 3.77. The molecule has 2 aromatic carbocycles. The van der Waals surface area contributed by atoms with E-state index in [1.54, 1.807) is 0 Å². The minimum atomic E-state index is -0.610. The first-order valence-electron chi connectivity index (χ1n) is 8.28. The van der Waals surface area contributed by atoms with Crippen molar-refractivity contribution in [3.05, 3.63) is 68.7 Å². The number of non-ortho nitro benzene ring substituents is 1. The summed E-state index contributed by atoms with van der Waals surface area (Å²) in [5.74, 6) is 5.26. The fourth-order valence-electron chi connectivity index (χ4n) is 2.30. The Hall–Kier alpha value is -3.45. The molecule has 0 atom stereocenters. The van der Waals surface area contributed by atoms with Gasteiger partial charge < -0.3 is 5.84 Å². The molecule has 0 aliphatic rings. The number of hydrogen-bond acceptors (Lipinski definition) is 8. The fourth-order valence-corrected chi connectivity index (χ4v) is 3.42. The Labute approximate surface area is 182 Å². The van der Waals surface area contributed by atoms with Crippen LogP contribution in [0.3, 0.4) is 0 Å². The highest BCUT2D eigenvalue weighted by molar-refractivity contribution is 9.10. The van der Waals surface area contributed by atoms with Crippen LogP contribution in [-0.2, 0) is 4.79 Å². The minimum Gasteiger partial charge on any atom is -0.335 e. The van der Waals surface area contributed by atoms with E-state index in [1.165, 1.54) is 28.9 Å². The molecule has 0 aliphatic carbocycles. The van der Waals surface area contributed by atoms with Gasteiger partial charge in [0.15, 0.2) is 5.82 Å². The van der Waals surface area contributed by atoms with Crippen LogP contribution in [0.1, 0.15) is 10.4 Å². The number of hydrogen-bond donors (Lipinski definition) is 3. The van der Waals surface area contributed by atoms with Crippen molar-refractivity contribution in [2.24, 2.45) is 0 Å². The molecule has 0 unspecified atom stereocenters. The lowest BCUT2D eigenvalue weighted by atomic mass is 10.2. The van der Waals surface area contributed by atoms with Crippen LogP contribution < -0.4 is 16.7 Å². The van der Waals surface area contributed by atoms with Gasteiger partial charge >= 0.3 is 0 Å². The van der Waals surface area contributed by atoms with Gasteiger partial charge in [-0.25, -0.2) is 4.68 Å². The molecule has 0 spiro atoms. The van der Waals surface area contributed by atoms with Crippen molar-refractivity contribution >= 4 is 45.2 Å². The first-order chi connectivity index (χ1) is 14.4. The van der Waals surface area contributed by atoms with Gasteiger partial charge in [0.1, 0.15) is 0 Å². The predicted octanol–water partition coefficient (Wildman–Crippen LogP) is 1.88. The van der Waals surface area contributed by atoms with Crippen molar-refractivity contribution in [2.75, 3.05) is 11.6 Å². The summed E-state index contributed by atoms with van der Waals surface area (Å²) in [6.07, 6.45) is 0. The third kappa shape index (κ3) is 4.93. The SMILES string of the molecule is Nn1c(SCC(=O)NNC(=O)c2ccc([N+](=O)[O-])cc2)nnc1-c1ccccc1Br. The van der Waals surface area contributed by atoms with Gasteiger partial charge in [-0.15, -0.1) is 10.2 Å². The maximum absolute atomic E-state index is 12.0. The molecule has 30 heavy (non-hydrogen) atoms. The van der Waals surface area contributed by atoms with Crippen molar-refractivity contribution in [1.29, 1.82) is 0 Å². The van der Waals surface area contributed by atoms with E-state index in [1.807, 2.05) is 24.3 Å². The summed E-state index contributed by atoms with van der Waals surface area (Å²) in [7, 11) is 0. The Morgan fingerprint density at radius 1 is 1.13 bits per heavy atom. The van der Waals surface area contributed by atoms with E-state index in [9.17, 15) is 19.7 Å². The lowest BCUT2D eigenvalue weighted by molar-refractivity contribution is -0.384. The summed E-state index contributed by atoms with van der Waals surface area (Å²) in [6.45, 7) is 0. The molecule has 0 aliphatic heterocycles. The third-order valence-corrected chi connectivity index (χ3v) is 5.40. The average Bonchev–Trinajstić information content (AvgIpc) is 3.11. The number of rotatable bonds is 6. The number of amides is 2.